The molecule has 1 unspecified atom stereocenters. The van der Waals surface area contributed by atoms with Crippen LogP contribution in [0.2, 0.25) is 0 Å². The second kappa shape index (κ2) is 9.93. The molecular formula is C28H33N3O5. The van der Waals surface area contributed by atoms with Gasteiger partial charge in [0, 0.05) is 50.1 Å². The van der Waals surface area contributed by atoms with E-state index in [1.54, 1.807) is 47.2 Å². The number of carbonyl (C=O) groups is 3. The van der Waals surface area contributed by atoms with Crippen LogP contribution < -0.4 is 4.74 Å². The quantitative estimate of drug-likeness (QED) is 0.657. The summed E-state index contributed by atoms with van der Waals surface area (Å²) in [6.45, 7) is 4.42. The van der Waals surface area contributed by atoms with Crippen LogP contribution in [-0.2, 0) is 9.53 Å². The Balaban J connectivity index is 1.39. The molecule has 3 fully saturated rings. The third kappa shape index (κ3) is 4.46. The molecule has 0 bridgehead atoms. The van der Waals surface area contributed by atoms with Crippen LogP contribution in [0.1, 0.15) is 52.0 Å². The second-order valence-electron chi connectivity index (χ2n) is 9.87. The molecular weight excluding hydrogens is 458 g/mol. The summed E-state index contributed by atoms with van der Waals surface area (Å²) in [6.07, 6.45) is 2.86. The zero-order chi connectivity index (χ0) is 25.3. The lowest BCUT2D eigenvalue weighted by atomic mass is 9.95. The van der Waals surface area contributed by atoms with Crippen molar-refractivity contribution in [2.24, 2.45) is 0 Å². The predicted molar refractivity (Wildman–Crippen MR) is 134 cm³/mol. The molecule has 1 atom stereocenters. The number of aryl methyl sites for hydroxylation is 1. The summed E-state index contributed by atoms with van der Waals surface area (Å²) >= 11 is 0. The maximum atomic E-state index is 13.9. The minimum Gasteiger partial charge on any atom is -0.497 e. The van der Waals surface area contributed by atoms with Gasteiger partial charge in [0.25, 0.3) is 11.8 Å². The van der Waals surface area contributed by atoms with Crippen LogP contribution in [0.15, 0.2) is 48.5 Å². The molecule has 2 aromatic carbocycles. The average Bonchev–Trinajstić information content (AvgIpc) is 3.57. The summed E-state index contributed by atoms with van der Waals surface area (Å²) < 4.78 is 11.6. The third-order valence-corrected chi connectivity index (χ3v) is 7.60. The molecule has 3 aliphatic heterocycles. The molecule has 8 nitrogen and oxygen atoms in total. The van der Waals surface area contributed by atoms with Crippen molar-refractivity contribution in [2.45, 2.75) is 44.4 Å². The van der Waals surface area contributed by atoms with E-state index in [0.29, 0.717) is 42.8 Å². The molecule has 0 radical (unpaired) electrons. The van der Waals surface area contributed by atoms with Crippen LogP contribution in [0.25, 0.3) is 0 Å². The standard InChI is InChI=1S/C28H33N3O5/c1-20-7-5-8-21(17-20)26(33)31-24(27(34)29-13-3-4-14-29)19-36-28(31)11-15-30(16-12-28)25(32)22-9-6-10-23(18-22)35-2/h5-10,17-18,24H,3-4,11-16,19H2,1-2H3. The van der Waals surface area contributed by atoms with Crippen molar-refractivity contribution in [2.75, 3.05) is 39.9 Å². The fourth-order valence-electron chi connectivity index (χ4n) is 5.62. The average molecular weight is 492 g/mol. The number of likely N-dealkylation sites (tertiary alicyclic amines) is 2. The maximum Gasteiger partial charge on any atom is 0.256 e. The van der Waals surface area contributed by atoms with Crippen LogP contribution in [0.3, 0.4) is 0 Å². The van der Waals surface area contributed by atoms with Gasteiger partial charge in [0.1, 0.15) is 17.5 Å². The molecule has 8 heteroatoms. The number of methoxy groups -OCH3 is 1. The van der Waals surface area contributed by atoms with Gasteiger partial charge >= 0.3 is 0 Å². The van der Waals surface area contributed by atoms with E-state index in [4.69, 9.17) is 9.47 Å². The highest BCUT2D eigenvalue weighted by atomic mass is 16.5. The SMILES string of the molecule is COc1cccc(C(=O)N2CCC3(CC2)OCC(C(=O)N2CCCC2)N3C(=O)c2cccc(C)c2)c1. The summed E-state index contributed by atoms with van der Waals surface area (Å²) in [7, 11) is 1.57. The number of rotatable bonds is 4. The van der Waals surface area contributed by atoms with Gasteiger partial charge in [0.2, 0.25) is 5.91 Å². The largest absolute Gasteiger partial charge is 0.497 e. The van der Waals surface area contributed by atoms with Gasteiger partial charge < -0.3 is 19.3 Å². The van der Waals surface area contributed by atoms with Gasteiger partial charge in [-0.25, -0.2) is 0 Å². The molecule has 190 valence electrons. The molecule has 5 rings (SSSR count). The van der Waals surface area contributed by atoms with Crippen LogP contribution >= 0.6 is 0 Å². The summed E-state index contributed by atoms with van der Waals surface area (Å²) in [4.78, 5) is 45.9. The molecule has 3 heterocycles. The van der Waals surface area contributed by atoms with Crippen molar-refractivity contribution in [1.82, 2.24) is 14.7 Å². The van der Waals surface area contributed by atoms with E-state index in [0.717, 1.165) is 31.5 Å². The van der Waals surface area contributed by atoms with Crippen LogP contribution in [-0.4, -0.2) is 84.1 Å². The van der Waals surface area contributed by atoms with Crippen molar-refractivity contribution in [3.63, 3.8) is 0 Å². The lowest BCUT2D eigenvalue weighted by Crippen LogP contribution is -2.60. The summed E-state index contributed by atoms with van der Waals surface area (Å²) in [5, 5.41) is 0. The van der Waals surface area contributed by atoms with Crippen molar-refractivity contribution >= 4 is 17.7 Å². The number of carbonyl (C=O) groups excluding carboxylic acids is 3. The number of nitrogens with zero attached hydrogens (tertiary/aromatic N) is 3. The Kier molecular flexibility index (Phi) is 6.71. The maximum absolute atomic E-state index is 13.9. The van der Waals surface area contributed by atoms with Gasteiger partial charge in [-0.15, -0.1) is 0 Å². The van der Waals surface area contributed by atoms with Gasteiger partial charge in [-0.3, -0.25) is 19.3 Å². The van der Waals surface area contributed by atoms with Crippen molar-refractivity contribution in [3.8, 4) is 5.75 Å². The smallest absolute Gasteiger partial charge is 0.256 e. The van der Waals surface area contributed by atoms with Crippen LogP contribution in [0.5, 0.6) is 5.75 Å². The summed E-state index contributed by atoms with van der Waals surface area (Å²) in [5.41, 5.74) is 1.18. The molecule has 2 aromatic rings. The lowest BCUT2D eigenvalue weighted by Gasteiger charge is -2.44. The minimum atomic E-state index is -0.911. The Morgan fingerprint density at radius 3 is 2.22 bits per heavy atom. The fourth-order valence-corrected chi connectivity index (χ4v) is 5.62. The molecule has 0 N–H and O–H groups in total. The Morgan fingerprint density at radius 2 is 1.56 bits per heavy atom. The Bertz CT molecular complexity index is 1150. The lowest BCUT2D eigenvalue weighted by molar-refractivity contribution is -0.136. The third-order valence-electron chi connectivity index (χ3n) is 7.60. The molecule has 0 aromatic heterocycles. The highest BCUT2D eigenvalue weighted by Crippen LogP contribution is 2.39. The van der Waals surface area contributed by atoms with Crippen LogP contribution in [0.4, 0.5) is 0 Å². The predicted octanol–water partition coefficient (Wildman–Crippen LogP) is 3.10. The van der Waals surface area contributed by atoms with E-state index in [1.807, 2.05) is 30.0 Å². The molecule has 0 aliphatic carbocycles. The number of benzene rings is 2. The highest BCUT2D eigenvalue weighted by molar-refractivity contribution is 5.99. The number of amides is 3. The topological polar surface area (TPSA) is 79.4 Å². The fraction of sp³-hybridized carbons (Fsp3) is 0.464. The first-order valence-corrected chi connectivity index (χ1v) is 12.7. The second-order valence-corrected chi connectivity index (χ2v) is 9.87. The number of hydrogen-bond donors (Lipinski definition) is 0. The van der Waals surface area contributed by atoms with E-state index in [2.05, 4.69) is 0 Å². The van der Waals surface area contributed by atoms with Crippen molar-refractivity contribution in [1.29, 1.82) is 0 Å². The highest BCUT2D eigenvalue weighted by Gasteiger charge is 2.55. The van der Waals surface area contributed by atoms with Crippen molar-refractivity contribution in [3.05, 3.63) is 65.2 Å². The van der Waals surface area contributed by atoms with Crippen molar-refractivity contribution < 1.29 is 23.9 Å². The summed E-state index contributed by atoms with van der Waals surface area (Å²) in [6, 6.07) is 13.9. The first-order chi connectivity index (χ1) is 17.4. The van der Waals surface area contributed by atoms with Crippen LogP contribution in [0, 0.1) is 6.92 Å². The first-order valence-electron chi connectivity index (χ1n) is 12.7. The van der Waals surface area contributed by atoms with Gasteiger partial charge in [-0.1, -0.05) is 23.8 Å². The van der Waals surface area contributed by atoms with E-state index >= 15 is 0 Å². The number of hydrogen-bond acceptors (Lipinski definition) is 5. The monoisotopic (exact) mass is 491 g/mol. The first kappa shape index (κ1) is 24.3. The zero-order valence-electron chi connectivity index (χ0n) is 20.9. The normalized spacial score (nSPS) is 21.2. The zero-order valence-corrected chi connectivity index (χ0v) is 20.9. The Labute approximate surface area is 211 Å². The van der Waals surface area contributed by atoms with Gasteiger partial charge in [0.15, 0.2) is 0 Å². The molecule has 3 saturated heterocycles. The Morgan fingerprint density at radius 1 is 0.889 bits per heavy atom. The minimum absolute atomic E-state index is 0.0414. The van der Waals surface area contributed by atoms with Gasteiger partial charge in [-0.2, -0.15) is 0 Å². The van der Waals surface area contributed by atoms with Gasteiger partial charge in [-0.05, 0) is 50.1 Å². The van der Waals surface area contributed by atoms with E-state index < -0.39 is 11.8 Å². The van der Waals surface area contributed by atoms with E-state index in [9.17, 15) is 14.4 Å². The van der Waals surface area contributed by atoms with E-state index in [-0.39, 0.29) is 24.3 Å². The summed E-state index contributed by atoms with van der Waals surface area (Å²) in [5.74, 6) is 0.316. The molecule has 0 saturated carbocycles. The number of piperidine rings is 1. The Hall–Kier alpha value is -3.39. The van der Waals surface area contributed by atoms with E-state index in [1.165, 1.54) is 0 Å². The molecule has 1 spiro atoms. The molecule has 3 amide bonds. The van der Waals surface area contributed by atoms with Gasteiger partial charge in [0.05, 0.1) is 13.7 Å². The number of ether oxygens (including phenoxy) is 2. The molecule has 3 aliphatic rings. The molecule has 36 heavy (non-hydrogen) atoms.